The summed E-state index contributed by atoms with van der Waals surface area (Å²) in [6, 6.07) is 4.38. The van der Waals surface area contributed by atoms with Crippen LogP contribution in [0.3, 0.4) is 0 Å². The Labute approximate surface area is 104 Å². The zero-order valence-corrected chi connectivity index (χ0v) is 9.86. The van der Waals surface area contributed by atoms with Gasteiger partial charge in [0.2, 0.25) is 0 Å². The molecule has 1 aliphatic rings. The average molecular weight is 258 g/mol. The summed E-state index contributed by atoms with van der Waals surface area (Å²) in [5, 5.41) is 0. The molecule has 0 fully saturated rings. The summed E-state index contributed by atoms with van der Waals surface area (Å²) in [5.41, 5.74) is 11.9. The van der Waals surface area contributed by atoms with Crippen molar-refractivity contribution in [3.8, 4) is 11.5 Å². The summed E-state index contributed by atoms with van der Waals surface area (Å²) in [6.45, 7) is 0.595. The van der Waals surface area contributed by atoms with Crippen LogP contribution in [0.25, 0.3) is 0 Å². The van der Waals surface area contributed by atoms with Gasteiger partial charge in [-0.3, -0.25) is 0 Å². The van der Waals surface area contributed by atoms with Crippen molar-refractivity contribution in [2.24, 2.45) is 11.5 Å². The normalized spacial score (nSPS) is 17.8. The van der Waals surface area contributed by atoms with Gasteiger partial charge in [-0.2, -0.15) is 0 Å². The SMILES string of the molecule is NCCCC[C@H](N)c1cccc2c1OC(F)(F)O2. The number of benzene rings is 1. The minimum atomic E-state index is -3.60. The van der Waals surface area contributed by atoms with Gasteiger partial charge >= 0.3 is 6.29 Å². The lowest BCUT2D eigenvalue weighted by molar-refractivity contribution is -0.287. The third-order valence-electron chi connectivity index (χ3n) is 2.83. The molecule has 0 radical (unpaired) electrons. The van der Waals surface area contributed by atoms with E-state index in [2.05, 4.69) is 9.47 Å². The third kappa shape index (κ3) is 2.70. The summed E-state index contributed by atoms with van der Waals surface area (Å²) >= 11 is 0. The molecule has 0 aliphatic carbocycles. The van der Waals surface area contributed by atoms with Gasteiger partial charge in [0.1, 0.15) is 0 Å². The monoisotopic (exact) mass is 258 g/mol. The summed E-state index contributed by atoms with van der Waals surface area (Å²) in [4.78, 5) is 0. The summed E-state index contributed by atoms with van der Waals surface area (Å²) in [6.07, 6.45) is -1.23. The highest BCUT2D eigenvalue weighted by atomic mass is 19.3. The summed E-state index contributed by atoms with van der Waals surface area (Å²) in [5.74, 6) is 0.0783. The second-order valence-corrected chi connectivity index (χ2v) is 4.23. The molecule has 4 N–H and O–H groups in total. The van der Waals surface area contributed by atoms with E-state index >= 15 is 0 Å². The van der Waals surface area contributed by atoms with Crippen molar-refractivity contribution in [3.63, 3.8) is 0 Å². The van der Waals surface area contributed by atoms with Gasteiger partial charge in [0.25, 0.3) is 0 Å². The van der Waals surface area contributed by atoms with Crippen LogP contribution in [0.4, 0.5) is 8.78 Å². The van der Waals surface area contributed by atoms with Gasteiger partial charge < -0.3 is 20.9 Å². The van der Waals surface area contributed by atoms with E-state index in [4.69, 9.17) is 11.5 Å². The molecule has 1 aromatic carbocycles. The van der Waals surface area contributed by atoms with Crippen LogP contribution in [0.1, 0.15) is 30.9 Å². The lowest BCUT2D eigenvalue weighted by atomic mass is 10.0. The first-order chi connectivity index (χ1) is 8.53. The zero-order chi connectivity index (χ0) is 13.2. The van der Waals surface area contributed by atoms with Crippen LogP contribution in [0.5, 0.6) is 11.5 Å². The number of hydrogen-bond acceptors (Lipinski definition) is 4. The van der Waals surface area contributed by atoms with Crippen LogP contribution >= 0.6 is 0 Å². The molecule has 1 heterocycles. The molecule has 4 nitrogen and oxygen atoms in total. The Morgan fingerprint density at radius 2 is 2.00 bits per heavy atom. The highest BCUT2D eigenvalue weighted by molar-refractivity contribution is 5.50. The molecule has 0 aromatic heterocycles. The predicted molar refractivity (Wildman–Crippen MR) is 62.5 cm³/mol. The van der Waals surface area contributed by atoms with Crippen molar-refractivity contribution in [3.05, 3.63) is 23.8 Å². The average Bonchev–Trinajstić information content (AvgIpc) is 2.62. The van der Waals surface area contributed by atoms with Gasteiger partial charge in [0.05, 0.1) is 0 Å². The topological polar surface area (TPSA) is 70.5 Å². The molecule has 6 heteroatoms. The molecular weight excluding hydrogens is 242 g/mol. The quantitative estimate of drug-likeness (QED) is 0.794. The second kappa shape index (κ2) is 5.07. The Bertz CT molecular complexity index is 427. The van der Waals surface area contributed by atoms with Crippen LogP contribution < -0.4 is 20.9 Å². The van der Waals surface area contributed by atoms with Gasteiger partial charge in [-0.1, -0.05) is 18.6 Å². The maximum absolute atomic E-state index is 13.0. The van der Waals surface area contributed by atoms with Crippen molar-refractivity contribution in [1.29, 1.82) is 0 Å². The van der Waals surface area contributed by atoms with Gasteiger partial charge in [-0.25, -0.2) is 0 Å². The molecule has 0 unspecified atom stereocenters. The van der Waals surface area contributed by atoms with Crippen LogP contribution in [0, 0.1) is 0 Å². The van der Waals surface area contributed by atoms with E-state index in [1.54, 1.807) is 12.1 Å². The maximum Gasteiger partial charge on any atom is 0.586 e. The predicted octanol–water partition coefficient (Wildman–Crippen LogP) is 2.14. The first-order valence-corrected chi connectivity index (χ1v) is 5.88. The molecule has 0 spiro atoms. The van der Waals surface area contributed by atoms with E-state index in [1.807, 2.05) is 0 Å². The van der Waals surface area contributed by atoms with E-state index in [1.165, 1.54) is 6.07 Å². The molecule has 1 aliphatic heterocycles. The van der Waals surface area contributed by atoms with E-state index < -0.39 is 6.29 Å². The Morgan fingerprint density at radius 3 is 2.72 bits per heavy atom. The van der Waals surface area contributed by atoms with E-state index in [9.17, 15) is 8.78 Å². The van der Waals surface area contributed by atoms with E-state index in [-0.39, 0.29) is 17.5 Å². The van der Waals surface area contributed by atoms with Crippen molar-refractivity contribution >= 4 is 0 Å². The number of alkyl halides is 2. The first-order valence-electron chi connectivity index (χ1n) is 5.88. The van der Waals surface area contributed by atoms with Crippen LogP contribution in [0.15, 0.2) is 18.2 Å². The smallest absolute Gasteiger partial charge is 0.395 e. The molecule has 0 amide bonds. The largest absolute Gasteiger partial charge is 0.586 e. The number of unbranched alkanes of at least 4 members (excludes halogenated alkanes) is 1. The third-order valence-corrected chi connectivity index (χ3v) is 2.83. The van der Waals surface area contributed by atoms with Gasteiger partial charge in [-0.15, -0.1) is 8.78 Å². The molecule has 1 aromatic rings. The van der Waals surface area contributed by atoms with Crippen LogP contribution in [-0.2, 0) is 0 Å². The number of hydrogen-bond donors (Lipinski definition) is 2. The molecular formula is C12H16F2N2O2. The maximum atomic E-state index is 13.0. The Hall–Kier alpha value is -1.40. The second-order valence-electron chi connectivity index (χ2n) is 4.23. The van der Waals surface area contributed by atoms with Crippen LogP contribution in [0.2, 0.25) is 0 Å². The standard InChI is InChI=1S/C12H16F2N2O2/c13-12(14)17-10-6-3-4-8(11(10)18-12)9(16)5-1-2-7-15/h3-4,6,9H,1-2,5,7,15-16H2/t9-/m0/s1. The lowest BCUT2D eigenvalue weighted by Gasteiger charge is -2.14. The molecule has 2 rings (SSSR count). The molecule has 0 saturated heterocycles. The summed E-state index contributed by atoms with van der Waals surface area (Å²) < 4.78 is 34.8. The van der Waals surface area contributed by atoms with E-state index in [0.717, 1.165) is 12.8 Å². The Morgan fingerprint density at radius 1 is 1.22 bits per heavy atom. The van der Waals surface area contributed by atoms with Crippen molar-refractivity contribution in [2.75, 3.05) is 6.54 Å². The number of ether oxygens (including phenoxy) is 2. The van der Waals surface area contributed by atoms with Gasteiger partial charge in [0, 0.05) is 11.6 Å². The van der Waals surface area contributed by atoms with E-state index in [0.29, 0.717) is 18.5 Å². The fraction of sp³-hybridized carbons (Fsp3) is 0.500. The fourth-order valence-electron chi connectivity index (χ4n) is 1.95. The van der Waals surface area contributed by atoms with Crippen LogP contribution in [-0.4, -0.2) is 12.8 Å². The molecule has 0 bridgehead atoms. The van der Waals surface area contributed by atoms with Gasteiger partial charge in [0.15, 0.2) is 11.5 Å². The number of nitrogens with two attached hydrogens (primary N) is 2. The Balaban J connectivity index is 2.13. The zero-order valence-electron chi connectivity index (χ0n) is 9.86. The van der Waals surface area contributed by atoms with Gasteiger partial charge in [-0.05, 0) is 25.5 Å². The first kappa shape index (κ1) is 13.0. The number of fused-ring (bicyclic) bond motifs is 1. The number of rotatable bonds is 5. The molecule has 18 heavy (non-hydrogen) atoms. The minimum Gasteiger partial charge on any atom is -0.395 e. The number of halogens is 2. The van der Waals surface area contributed by atoms with Crippen molar-refractivity contribution in [2.45, 2.75) is 31.6 Å². The molecule has 0 saturated carbocycles. The fourth-order valence-corrected chi connectivity index (χ4v) is 1.95. The highest BCUT2D eigenvalue weighted by Crippen LogP contribution is 2.45. The molecule has 1 atom stereocenters. The Kier molecular flexibility index (Phi) is 3.68. The van der Waals surface area contributed by atoms with Crippen molar-refractivity contribution < 1.29 is 18.3 Å². The minimum absolute atomic E-state index is 0.0341. The summed E-state index contributed by atoms with van der Waals surface area (Å²) in [7, 11) is 0. The number of para-hydroxylation sites is 1. The molecule has 100 valence electrons. The highest BCUT2D eigenvalue weighted by Gasteiger charge is 2.44. The lowest BCUT2D eigenvalue weighted by Crippen LogP contribution is -2.26. The van der Waals surface area contributed by atoms with Crippen molar-refractivity contribution in [1.82, 2.24) is 0 Å².